The molecule has 1 fully saturated rings. The van der Waals surface area contributed by atoms with E-state index in [9.17, 15) is 8.42 Å². The fourth-order valence-corrected chi connectivity index (χ4v) is 5.70. The van der Waals surface area contributed by atoms with E-state index in [1.165, 1.54) is 12.3 Å². The normalized spacial score (nSPS) is 15.1. The smallest absolute Gasteiger partial charge is 0.285 e. The molecule has 0 bridgehead atoms. The quantitative estimate of drug-likeness (QED) is 0.229. The number of hydrogen-bond acceptors (Lipinski definition) is 10. The van der Waals surface area contributed by atoms with Crippen LogP contribution in [0.4, 0.5) is 20.5 Å². The second kappa shape index (κ2) is 12.1. The summed E-state index contributed by atoms with van der Waals surface area (Å²) < 4.78 is 67.8. The fourth-order valence-electron chi connectivity index (χ4n) is 5.29. The molecule has 1 aromatic carbocycles. The van der Waals surface area contributed by atoms with E-state index in [0.29, 0.717) is 23.1 Å². The maximum Gasteiger partial charge on any atom is 0.285 e. The standard InChI is InChI=1S/C29H35F2N7O4S/c1-17(2)36-11-9-21(10-12-36)41-22-7-8-26(32-15-22)38(42-43(6,39)40)29-33-16-24(31)27(35-29)20-13-23(30)28-25(14-20)37(18(3)4)19(5)34-28/h7-8,13-18,21H,9-12H2,1-6H3. The molecule has 0 atom stereocenters. The van der Waals surface area contributed by atoms with Crippen molar-refractivity contribution in [3.05, 3.63) is 54.1 Å². The Hall–Kier alpha value is -3.75. The van der Waals surface area contributed by atoms with Gasteiger partial charge in [-0.05, 0) is 71.7 Å². The molecule has 43 heavy (non-hydrogen) atoms. The van der Waals surface area contributed by atoms with Gasteiger partial charge in [-0.25, -0.2) is 28.7 Å². The summed E-state index contributed by atoms with van der Waals surface area (Å²) in [5.74, 6) is -0.678. The van der Waals surface area contributed by atoms with Crippen LogP contribution in [0.3, 0.4) is 0 Å². The molecule has 0 radical (unpaired) electrons. The third-order valence-electron chi connectivity index (χ3n) is 7.28. The number of anilines is 2. The van der Waals surface area contributed by atoms with Crippen LogP contribution in [0.2, 0.25) is 0 Å². The Kier molecular flexibility index (Phi) is 8.63. The van der Waals surface area contributed by atoms with E-state index in [1.54, 1.807) is 19.1 Å². The number of pyridine rings is 1. The van der Waals surface area contributed by atoms with Crippen molar-refractivity contribution >= 4 is 32.9 Å². The molecule has 0 spiro atoms. The fraction of sp³-hybridized carbons (Fsp3) is 0.448. The molecule has 0 unspecified atom stereocenters. The predicted octanol–water partition coefficient (Wildman–Crippen LogP) is 5.34. The molecule has 1 saturated heterocycles. The molecule has 1 aliphatic rings. The number of ether oxygens (including phenoxy) is 1. The summed E-state index contributed by atoms with van der Waals surface area (Å²) in [6.07, 6.45) is 4.95. The van der Waals surface area contributed by atoms with Crippen molar-refractivity contribution in [2.24, 2.45) is 0 Å². The third-order valence-corrected chi connectivity index (χ3v) is 7.70. The Morgan fingerprint density at radius 3 is 2.30 bits per heavy atom. The highest BCUT2D eigenvalue weighted by Gasteiger charge is 2.25. The van der Waals surface area contributed by atoms with E-state index in [0.717, 1.165) is 49.5 Å². The zero-order valence-corrected chi connectivity index (χ0v) is 25.8. The average Bonchev–Trinajstić information content (AvgIpc) is 3.29. The van der Waals surface area contributed by atoms with Crippen molar-refractivity contribution in [1.82, 2.24) is 29.4 Å². The molecule has 230 valence electrons. The van der Waals surface area contributed by atoms with E-state index < -0.39 is 21.8 Å². The number of likely N-dealkylation sites (tertiary alicyclic amines) is 1. The highest BCUT2D eigenvalue weighted by molar-refractivity contribution is 7.86. The van der Waals surface area contributed by atoms with Crippen molar-refractivity contribution in [2.75, 3.05) is 24.4 Å². The lowest BCUT2D eigenvalue weighted by Gasteiger charge is -2.34. The minimum atomic E-state index is -4.10. The molecule has 1 aliphatic heterocycles. The van der Waals surface area contributed by atoms with Gasteiger partial charge in [-0.15, -0.1) is 9.35 Å². The van der Waals surface area contributed by atoms with E-state index in [1.807, 2.05) is 18.4 Å². The SMILES string of the molecule is Cc1nc2c(F)cc(-c3nc(N(OS(C)(=O)=O)c4ccc(OC5CCN(C(C)C)CC5)cn4)ncc3F)cc2n1C(C)C. The van der Waals surface area contributed by atoms with Crippen molar-refractivity contribution in [3.8, 4) is 17.0 Å². The van der Waals surface area contributed by atoms with Gasteiger partial charge in [-0.3, -0.25) is 0 Å². The molecule has 0 amide bonds. The molecule has 3 aromatic heterocycles. The van der Waals surface area contributed by atoms with E-state index >= 15 is 8.78 Å². The van der Waals surface area contributed by atoms with E-state index in [4.69, 9.17) is 9.02 Å². The first kappa shape index (κ1) is 30.7. The first-order valence-corrected chi connectivity index (χ1v) is 15.9. The molecular weight excluding hydrogens is 580 g/mol. The number of fused-ring (bicyclic) bond motifs is 1. The number of imidazole rings is 1. The number of hydrogen-bond donors (Lipinski definition) is 0. The molecule has 0 saturated carbocycles. The number of nitrogens with zero attached hydrogens (tertiary/aromatic N) is 7. The summed E-state index contributed by atoms with van der Waals surface area (Å²) in [5, 5.41) is 0.778. The number of piperidine rings is 1. The Balaban J connectivity index is 1.47. The van der Waals surface area contributed by atoms with Crippen LogP contribution >= 0.6 is 0 Å². The number of benzene rings is 1. The molecule has 4 aromatic rings. The van der Waals surface area contributed by atoms with Gasteiger partial charge in [0, 0.05) is 30.7 Å². The number of aryl methyl sites for hydroxylation is 1. The van der Waals surface area contributed by atoms with Gasteiger partial charge < -0.3 is 14.2 Å². The van der Waals surface area contributed by atoms with Gasteiger partial charge in [-0.2, -0.15) is 8.42 Å². The molecular formula is C29H35F2N7O4S. The summed E-state index contributed by atoms with van der Waals surface area (Å²) in [6, 6.07) is 6.30. The van der Waals surface area contributed by atoms with Crippen LogP contribution in [0.15, 0.2) is 36.7 Å². The number of rotatable bonds is 9. The lowest BCUT2D eigenvalue weighted by Crippen LogP contribution is -2.41. The maximum absolute atomic E-state index is 15.1. The summed E-state index contributed by atoms with van der Waals surface area (Å²) in [7, 11) is -4.10. The van der Waals surface area contributed by atoms with Crippen molar-refractivity contribution < 1.29 is 26.2 Å². The zero-order valence-electron chi connectivity index (χ0n) is 25.0. The van der Waals surface area contributed by atoms with Crippen LogP contribution in [0, 0.1) is 18.6 Å². The molecule has 4 heterocycles. The molecule has 0 aliphatic carbocycles. The van der Waals surface area contributed by atoms with Crippen LogP contribution in [-0.2, 0) is 14.4 Å². The Morgan fingerprint density at radius 1 is 0.977 bits per heavy atom. The minimum absolute atomic E-state index is 0.0140. The van der Waals surface area contributed by atoms with Gasteiger partial charge in [0.2, 0.25) is 0 Å². The molecule has 11 nitrogen and oxygen atoms in total. The predicted molar refractivity (Wildman–Crippen MR) is 158 cm³/mol. The first-order valence-electron chi connectivity index (χ1n) is 14.1. The van der Waals surface area contributed by atoms with E-state index in [-0.39, 0.29) is 40.7 Å². The lowest BCUT2D eigenvalue weighted by molar-refractivity contribution is 0.0840. The van der Waals surface area contributed by atoms with Gasteiger partial charge in [0.15, 0.2) is 17.5 Å². The second-order valence-corrected chi connectivity index (χ2v) is 12.7. The Labute approximate surface area is 249 Å². The molecule has 0 N–H and O–H groups in total. The summed E-state index contributed by atoms with van der Waals surface area (Å²) >= 11 is 0. The van der Waals surface area contributed by atoms with Crippen LogP contribution in [0.5, 0.6) is 5.75 Å². The van der Waals surface area contributed by atoms with Crippen molar-refractivity contribution in [1.29, 1.82) is 0 Å². The van der Waals surface area contributed by atoms with Crippen LogP contribution < -0.4 is 9.80 Å². The second-order valence-electron chi connectivity index (χ2n) is 11.2. The summed E-state index contributed by atoms with van der Waals surface area (Å²) in [5.41, 5.74) is 0.490. The van der Waals surface area contributed by atoms with E-state index in [2.05, 4.69) is 38.7 Å². The molecule has 14 heteroatoms. The average molecular weight is 616 g/mol. The Morgan fingerprint density at radius 2 is 1.70 bits per heavy atom. The van der Waals surface area contributed by atoms with Gasteiger partial charge >= 0.3 is 0 Å². The van der Waals surface area contributed by atoms with Crippen molar-refractivity contribution in [2.45, 2.75) is 65.6 Å². The third kappa shape index (κ3) is 6.76. The number of aromatic nitrogens is 5. The number of halogens is 2. The minimum Gasteiger partial charge on any atom is -0.489 e. The van der Waals surface area contributed by atoms with Crippen LogP contribution in [0.25, 0.3) is 22.3 Å². The van der Waals surface area contributed by atoms with Gasteiger partial charge in [0.25, 0.3) is 16.1 Å². The van der Waals surface area contributed by atoms with Crippen LogP contribution in [0.1, 0.15) is 52.4 Å². The Bertz CT molecular complexity index is 1720. The molecule has 5 rings (SSSR count). The lowest BCUT2D eigenvalue weighted by atomic mass is 10.1. The van der Waals surface area contributed by atoms with Crippen LogP contribution in [-0.4, -0.2) is 69.3 Å². The summed E-state index contributed by atoms with van der Waals surface area (Å²) in [4.78, 5) is 19.2. The van der Waals surface area contributed by atoms with Crippen molar-refractivity contribution in [3.63, 3.8) is 0 Å². The highest BCUT2D eigenvalue weighted by Crippen LogP contribution is 2.32. The largest absolute Gasteiger partial charge is 0.489 e. The van der Waals surface area contributed by atoms with Gasteiger partial charge in [-0.1, -0.05) is 0 Å². The maximum atomic E-state index is 15.1. The van der Waals surface area contributed by atoms with Gasteiger partial charge in [0.1, 0.15) is 28.9 Å². The highest BCUT2D eigenvalue weighted by atomic mass is 32.2. The monoisotopic (exact) mass is 615 g/mol. The summed E-state index contributed by atoms with van der Waals surface area (Å²) in [6.45, 7) is 11.8. The van der Waals surface area contributed by atoms with Gasteiger partial charge in [0.05, 0.1) is 24.2 Å². The zero-order chi connectivity index (χ0) is 31.1. The first-order chi connectivity index (χ1) is 20.3. The topological polar surface area (TPSA) is 116 Å².